The molecule has 0 aliphatic heterocycles. The van der Waals surface area contributed by atoms with Gasteiger partial charge in [0, 0.05) is 22.0 Å². The molecule has 0 spiro atoms. The standard InChI is InChI=1S/C16H16ClF2N/c1-16(2,10-3-6-12(18)7-4-10)15(20)13-8-5-11(17)9-14(13)19/h3-9,15H,20H2,1-2H3. The van der Waals surface area contributed by atoms with Crippen LogP contribution in [0.5, 0.6) is 0 Å². The molecule has 2 aromatic carbocycles. The van der Waals surface area contributed by atoms with Crippen molar-refractivity contribution in [3.05, 3.63) is 70.2 Å². The molecule has 2 rings (SSSR count). The molecule has 0 bridgehead atoms. The van der Waals surface area contributed by atoms with Gasteiger partial charge in [0.05, 0.1) is 0 Å². The molecule has 1 atom stereocenters. The van der Waals surface area contributed by atoms with Crippen molar-refractivity contribution < 1.29 is 8.78 Å². The quantitative estimate of drug-likeness (QED) is 0.880. The van der Waals surface area contributed by atoms with Gasteiger partial charge in [0.2, 0.25) is 0 Å². The lowest BCUT2D eigenvalue weighted by molar-refractivity contribution is 0.406. The first-order valence-corrected chi connectivity index (χ1v) is 6.66. The van der Waals surface area contributed by atoms with E-state index < -0.39 is 17.3 Å². The number of rotatable bonds is 3. The first-order chi connectivity index (χ1) is 9.32. The van der Waals surface area contributed by atoms with Crippen LogP contribution in [-0.2, 0) is 5.41 Å². The molecule has 1 unspecified atom stereocenters. The number of nitrogens with two attached hydrogens (primary N) is 1. The Morgan fingerprint density at radius 2 is 1.65 bits per heavy atom. The van der Waals surface area contributed by atoms with Gasteiger partial charge in [0.1, 0.15) is 11.6 Å². The van der Waals surface area contributed by atoms with Crippen LogP contribution in [-0.4, -0.2) is 0 Å². The van der Waals surface area contributed by atoms with E-state index in [-0.39, 0.29) is 5.82 Å². The van der Waals surface area contributed by atoms with Crippen molar-refractivity contribution in [2.24, 2.45) is 5.73 Å². The third-order valence-electron chi connectivity index (χ3n) is 3.66. The molecule has 4 heteroatoms. The third-order valence-corrected chi connectivity index (χ3v) is 3.90. The maximum Gasteiger partial charge on any atom is 0.129 e. The Bertz CT molecular complexity index is 608. The average Bonchev–Trinajstić information content (AvgIpc) is 2.38. The van der Waals surface area contributed by atoms with Crippen LogP contribution in [0.25, 0.3) is 0 Å². The topological polar surface area (TPSA) is 26.0 Å². The number of hydrogen-bond acceptors (Lipinski definition) is 1. The number of benzene rings is 2. The lowest BCUT2D eigenvalue weighted by Gasteiger charge is -2.32. The first kappa shape index (κ1) is 14.9. The normalized spacial score (nSPS) is 13.3. The van der Waals surface area contributed by atoms with Crippen LogP contribution < -0.4 is 5.73 Å². The summed E-state index contributed by atoms with van der Waals surface area (Å²) in [5.41, 5.74) is 6.92. The van der Waals surface area contributed by atoms with Crippen molar-refractivity contribution in [3.63, 3.8) is 0 Å². The molecule has 2 N–H and O–H groups in total. The Hall–Kier alpha value is -1.45. The molecular formula is C16H16ClF2N. The summed E-state index contributed by atoms with van der Waals surface area (Å²) in [6, 6.07) is 9.98. The molecule has 0 aliphatic rings. The van der Waals surface area contributed by atoms with E-state index in [0.717, 1.165) is 5.56 Å². The van der Waals surface area contributed by atoms with Crippen molar-refractivity contribution in [1.82, 2.24) is 0 Å². The lowest BCUT2D eigenvalue weighted by Crippen LogP contribution is -2.33. The van der Waals surface area contributed by atoms with Crippen molar-refractivity contribution in [2.75, 3.05) is 0 Å². The van der Waals surface area contributed by atoms with Crippen LogP contribution in [0.1, 0.15) is 31.0 Å². The highest BCUT2D eigenvalue weighted by Crippen LogP contribution is 2.36. The molecule has 0 saturated heterocycles. The van der Waals surface area contributed by atoms with Gasteiger partial charge in [-0.1, -0.05) is 43.6 Å². The molecule has 106 valence electrons. The van der Waals surface area contributed by atoms with E-state index in [1.165, 1.54) is 18.2 Å². The van der Waals surface area contributed by atoms with E-state index in [1.54, 1.807) is 24.3 Å². The third kappa shape index (κ3) is 2.84. The highest BCUT2D eigenvalue weighted by atomic mass is 35.5. The van der Waals surface area contributed by atoms with Crippen molar-refractivity contribution in [3.8, 4) is 0 Å². The van der Waals surface area contributed by atoms with E-state index in [2.05, 4.69) is 0 Å². The minimum Gasteiger partial charge on any atom is -0.323 e. The summed E-state index contributed by atoms with van der Waals surface area (Å²) in [5, 5.41) is 0.332. The van der Waals surface area contributed by atoms with Gasteiger partial charge in [-0.2, -0.15) is 0 Å². The molecule has 0 fully saturated rings. The van der Waals surface area contributed by atoms with Gasteiger partial charge in [-0.25, -0.2) is 8.78 Å². The van der Waals surface area contributed by atoms with Crippen molar-refractivity contribution in [2.45, 2.75) is 25.3 Å². The first-order valence-electron chi connectivity index (χ1n) is 6.29. The Balaban J connectivity index is 2.39. The molecule has 20 heavy (non-hydrogen) atoms. The zero-order valence-electron chi connectivity index (χ0n) is 11.3. The lowest BCUT2D eigenvalue weighted by atomic mass is 9.75. The Kier molecular flexibility index (Phi) is 4.11. The van der Waals surface area contributed by atoms with Gasteiger partial charge in [-0.3, -0.25) is 0 Å². The summed E-state index contributed by atoms with van der Waals surface area (Å²) >= 11 is 5.75. The average molecular weight is 296 g/mol. The molecule has 2 aromatic rings. The predicted molar refractivity (Wildman–Crippen MR) is 77.8 cm³/mol. The summed E-state index contributed by atoms with van der Waals surface area (Å²) in [6.07, 6.45) is 0. The fraction of sp³-hybridized carbons (Fsp3) is 0.250. The van der Waals surface area contributed by atoms with E-state index >= 15 is 0 Å². The largest absolute Gasteiger partial charge is 0.323 e. The van der Waals surface area contributed by atoms with Crippen molar-refractivity contribution in [1.29, 1.82) is 0 Å². The number of hydrogen-bond donors (Lipinski definition) is 1. The minimum absolute atomic E-state index is 0.309. The predicted octanol–water partition coefficient (Wildman–Crippen LogP) is 4.60. The van der Waals surface area contributed by atoms with Gasteiger partial charge >= 0.3 is 0 Å². The zero-order chi connectivity index (χ0) is 14.9. The van der Waals surface area contributed by atoms with Crippen LogP contribution in [0.4, 0.5) is 8.78 Å². The van der Waals surface area contributed by atoms with E-state index in [0.29, 0.717) is 10.6 Å². The van der Waals surface area contributed by atoms with Gasteiger partial charge in [-0.15, -0.1) is 0 Å². The van der Waals surface area contributed by atoms with Crippen LogP contribution in [0.15, 0.2) is 42.5 Å². The second kappa shape index (κ2) is 5.51. The van der Waals surface area contributed by atoms with Gasteiger partial charge < -0.3 is 5.73 Å². The van der Waals surface area contributed by atoms with Gasteiger partial charge in [0.15, 0.2) is 0 Å². The molecule has 0 aromatic heterocycles. The van der Waals surface area contributed by atoms with Crippen molar-refractivity contribution >= 4 is 11.6 Å². The summed E-state index contributed by atoms with van der Waals surface area (Å²) in [6.45, 7) is 3.80. The fourth-order valence-corrected chi connectivity index (χ4v) is 2.36. The van der Waals surface area contributed by atoms with E-state index in [9.17, 15) is 8.78 Å². The number of halogens is 3. The zero-order valence-corrected chi connectivity index (χ0v) is 12.1. The van der Waals surface area contributed by atoms with Gasteiger partial charge in [-0.05, 0) is 29.8 Å². The molecule has 0 radical (unpaired) electrons. The summed E-state index contributed by atoms with van der Waals surface area (Å²) < 4.78 is 27.0. The SMILES string of the molecule is CC(C)(c1ccc(F)cc1)C(N)c1ccc(Cl)cc1F. The second-order valence-electron chi connectivity index (χ2n) is 5.37. The van der Waals surface area contributed by atoms with Crippen LogP contribution >= 0.6 is 11.6 Å². The van der Waals surface area contributed by atoms with E-state index in [4.69, 9.17) is 17.3 Å². The Morgan fingerprint density at radius 1 is 1.05 bits per heavy atom. The maximum atomic E-state index is 14.0. The van der Waals surface area contributed by atoms with Crippen LogP contribution in [0.2, 0.25) is 5.02 Å². The second-order valence-corrected chi connectivity index (χ2v) is 5.81. The summed E-state index contributed by atoms with van der Waals surface area (Å²) in [5.74, 6) is -0.740. The highest BCUT2D eigenvalue weighted by Gasteiger charge is 2.31. The highest BCUT2D eigenvalue weighted by molar-refractivity contribution is 6.30. The fourth-order valence-electron chi connectivity index (χ4n) is 2.20. The molecular weight excluding hydrogens is 280 g/mol. The van der Waals surface area contributed by atoms with E-state index in [1.807, 2.05) is 13.8 Å². The molecule has 1 nitrogen and oxygen atoms in total. The van der Waals surface area contributed by atoms with Gasteiger partial charge in [0.25, 0.3) is 0 Å². The minimum atomic E-state index is -0.565. The monoisotopic (exact) mass is 295 g/mol. The van der Waals surface area contributed by atoms with Crippen LogP contribution in [0.3, 0.4) is 0 Å². The molecule has 0 saturated carbocycles. The summed E-state index contributed by atoms with van der Waals surface area (Å²) in [4.78, 5) is 0. The molecule has 0 amide bonds. The maximum absolute atomic E-state index is 14.0. The molecule has 0 heterocycles. The summed E-state index contributed by atoms with van der Waals surface area (Å²) in [7, 11) is 0. The van der Waals surface area contributed by atoms with Crippen LogP contribution in [0, 0.1) is 11.6 Å². The Morgan fingerprint density at radius 3 is 2.20 bits per heavy atom. The molecule has 0 aliphatic carbocycles. The Labute approximate surface area is 122 Å². The smallest absolute Gasteiger partial charge is 0.129 e.